The highest BCUT2D eigenvalue weighted by molar-refractivity contribution is 6.36. The number of imide groups is 1. The molecule has 3 aromatic rings. The van der Waals surface area contributed by atoms with E-state index >= 15 is 0 Å². The molecule has 31 heavy (non-hydrogen) atoms. The second kappa shape index (κ2) is 8.75. The van der Waals surface area contributed by atoms with Gasteiger partial charge in [-0.1, -0.05) is 60.7 Å². The number of rotatable bonds is 7. The first kappa shape index (κ1) is 20.2. The molecule has 1 N–H and O–H groups in total. The van der Waals surface area contributed by atoms with E-state index in [2.05, 4.69) is 5.32 Å². The van der Waals surface area contributed by atoms with Gasteiger partial charge in [-0.15, -0.1) is 0 Å². The van der Waals surface area contributed by atoms with Crippen LogP contribution in [0.3, 0.4) is 0 Å². The van der Waals surface area contributed by atoms with E-state index in [4.69, 9.17) is 9.47 Å². The number of carbonyl (C=O) groups excluding carboxylic acids is 2. The van der Waals surface area contributed by atoms with Crippen molar-refractivity contribution in [1.29, 1.82) is 0 Å². The summed E-state index contributed by atoms with van der Waals surface area (Å²) < 4.78 is 10.7. The second-order valence-corrected chi connectivity index (χ2v) is 6.99. The molecule has 156 valence electrons. The van der Waals surface area contributed by atoms with Gasteiger partial charge in [0.1, 0.15) is 17.2 Å². The van der Waals surface area contributed by atoms with Gasteiger partial charge in [-0.2, -0.15) is 0 Å². The summed E-state index contributed by atoms with van der Waals surface area (Å²) in [6.45, 7) is 0.190. The van der Waals surface area contributed by atoms with Crippen LogP contribution in [0.4, 0.5) is 5.69 Å². The smallest absolute Gasteiger partial charge is 0.278 e. The number of nitrogens with one attached hydrogen (secondary N) is 1. The van der Waals surface area contributed by atoms with E-state index in [-0.39, 0.29) is 18.1 Å². The normalized spacial score (nSPS) is 13.5. The summed E-state index contributed by atoms with van der Waals surface area (Å²) in [6.07, 6.45) is 0. The number of amides is 2. The Hall–Kier alpha value is -4.06. The van der Waals surface area contributed by atoms with Crippen LogP contribution in [0.1, 0.15) is 11.1 Å². The molecule has 0 fully saturated rings. The number of ether oxygens (including phenoxy) is 2. The molecule has 0 bridgehead atoms. The van der Waals surface area contributed by atoms with Crippen molar-refractivity contribution in [1.82, 2.24) is 4.90 Å². The third-order valence-corrected chi connectivity index (χ3v) is 5.08. The predicted octanol–water partition coefficient (Wildman–Crippen LogP) is 4.10. The third-order valence-electron chi connectivity index (χ3n) is 5.08. The summed E-state index contributed by atoms with van der Waals surface area (Å²) in [5, 5.41) is 3.14. The van der Waals surface area contributed by atoms with Gasteiger partial charge in [-0.05, 0) is 23.3 Å². The minimum Gasteiger partial charge on any atom is -0.497 e. The minimum atomic E-state index is -0.391. The standard InChI is InChI=1S/C25H22N2O4/c1-30-19-13-14-21(31-2)20(15-19)26-23-22(18-11-7-4-8-12-18)24(28)27(25(23)29)16-17-9-5-3-6-10-17/h3-15,26H,16H2,1-2H3. The van der Waals surface area contributed by atoms with Gasteiger partial charge in [0, 0.05) is 6.07 Å². The maximum absolute atomic E-state index is 13.4. The quantitative estimate of drug-likeness (QED) is 0.590. The zero-order chi connectivity index (χ0) is 21.8. The largest absolute Gasteiger partial charge is 0.497 e. The van der Waals surface area contributed by atoms with Crippen LogP contribution in [0.15, 0.2) is 84.6 Å². The Morgan fingerprint density at radius 3 is 2.13 bits per heavy atom. The van der Waals surface area contributed by atoms with Crippen LogP contribution in [0.25, 0.3) is 5.57 Å². The molecule has 0 spiro atoms. The van der Waals surface area contributed by atoms with Crippen molar-refractivity contribution >= 4 is 23.1 Å². The van der Waals surface area contributed by atoms with Gasteiger partial charge < -0.3 is 14.8 Å². The Labute approximate surface area is 180 Å². The third kappa shape index (κ3) is 4.00. The van der Waals surface area contributed by atoms with E-state index in [1.165, 1.54) is 4.90 Å². The first-order valence-corrected chi connectivity index (χ1v) is 9.81. The lowest BCUT2D eigenvalue weighted by molar-refractivity contribution is -0.137. The van der Waals surface area contributed by atoms with Gasteiger partial charge in [-0.3, -0.25) is 14.5 Å². The molecule has 0 radical (unpaired) electrons. The number of hydrogen-bond acceptors (Lipinski definition) is 5. The van der Waals surface area contributed by atoms with Gasteiger partial charge in [0.15, 0.2) is 0 Å². The molecule has 0 saturated heterocycles. The van der Waals surface area contributed by atoms with Gasteiger partial charge >= 0.3 is 0 Å². The Balaban J connectivity index is 1.77. The van der Waals surface area contributed by atoms with Crippen molar-refractivity contribution in [3.8, 4) is 11.5 Å². The van der Waals surface area contributed by atoms with Crippen LogP contribution in [0.5, 0.6) is 11.5 Å². The van der Waals surface area contributed by atoms with E-state index in [1.54, 1.807) is 32.4 Å². The number of carbonyl (C=O) groups is 2. The molecule has 1 aliphatic rings. The number of hydrogen-bond donors (Lipinski definition) is 1. The van der Waals surface area contributed by atoms with Crippen LogP contribution in [0.2, 0.25) is 0 Å². The highest BCUT2D eigenvalue weighted by Gasteiger charge is 2.39. The first-order chi connectivity index (χ1) is 15.1. The maximum Gasteiger partial charge on any atom is 0.278 e. The molecule has 1 heterocycles. The Morgan fingerprint density at radius 1 is 0.806 bits per heavy atom. The lowest BCUT2D eigenvalue weighted by atomic mass is 10.0. The second-order valence-electron chi connectivity index (χ2n) is 6.99. The van der Waals surface area contributed by atoms with Gasteiger partial charge in [-0.25, -0.2) is 0 Å². The highest BCUT2D eigenvalue weighted by atomic mass is 16.5. The molecule has 0 aromatic heterocycles. The number of benzene rings is 3. The molecule has 6 nitrogen and oxygen atoms in total. The van der Waals surface area contributed by atoms with Crippen molar-refractivity contribution in [2.45, 2.75) is 6.54 Å². The fourth-order valence-corrected chi connectivity index (χ4v) is 3.52. The van der Waals surface area contributed by atoms with Gasteiger partial charge in [0.2, 0.25) is 0 Å². The maximum atomic E-state index is 13.4. The summed E-state index contributed by atoms with van der Waals surface area (Å²) >= 11 is 0. The lowest BCUT2D eigenvalue weighted by Gasteiger charge is -2.16. The van der Waals surface area contributed by atoms with Crippen LogP contribution >= 0.6 is 0 Å². The fourth-order valence-electron chi connectivity index (χ4n) is 3.52. The predicted molar refractivity (Wildman–Crippen MR) is 119 cm³/mol. The van der Waals surface area contributed by atoms with Crippen molar-refractivity contribution in [3.63, 3.8) is 0 Å². The van der Waals surface area contributed by atoms with Gasteiger partial charge in [0.05, 0.1) is 32.0 Å². The molecule has 6 heteroatoms. The summed E-state index contributed by atoms with van der Waals surface area (Å²) in [4.78, 5) is 28.0. The van der Waals surface area contributed by atoms with E-state index < -0.39 is 5.91 Å². The minimum absolute atomic E-state index is 0.190. The average Bonchev–Trinajstić information content (AvgIpc) is 3.04. The molecule has 4 rings (SSSR count). The summed E-state index contributed by atoms with van der Waals surface area (Å²) in [6, 6.07) is 23.8. The van der Waals surface area contributed by atoms with E-state index in [1.807, 2.05) is 60.7 Å². The molecule has 0 aliphatic carbocycles. The molecule has 0 atom stereocenters. The van der Waals surface area contributed by atoms with Crippen molar-refractivity contribution in [2.24, 2.45) is 0 Å². The van der Waals surface area contributed by atoms with E-state index in [0.717, 1.165) is 5.56 Å². The molecular weight excluding hydrogens is 392 g/mol. The molecular formula is C25H22N2O4. The van der Waals surface area contributed by atoms with Crippen LogP contribution in [-0.2, 0) is 16.1 Å². The van der Waals surface area contributed by atoms with Crippen LogP contribution in [-0.4, -0.2) is 30.9 Å². The SMILES string of the molecule is COc1ccc(OC)c(NC2=C(c3ccccc3)C(=O)N(Cc3ccccc3)C2=O)c1. The molecule has 1 aliphatic heterocycles. The number of methoxy groups -OCH3 is 2. The van der Waals surface area contributed by atoms with Crippen molar-refractivity contribution < 1.29 is 19.1 Å². The Bertz CT molecular complexity index is 1140. The van der Waals surface area contributed by atoms with Crippen LogP contribution in [0, 0.1) is 0 Å². The fraction of sp³-hybridized carbons (Fsp3) is 0.120. The molecule has 2 amide bonds. The van der Waals surface area contributed by atoms with Crippen molar-refractivity contribution in [3.05, 3.63) is 95.7 Å². The van der Waals surface area contributed by atoms with Gasteiger partial charge in [0.25, 0.3) is 11.8 Å². The zero-order valence-electron chi connectivity index (χ0n) is 17.3. The first-order valence-electron chi connectivity index (χ1n) is 9.81. The van der Waals surface area contributed by atoms with E-state index in [0.29, 0.717) is 28.3 Å². The van der Waals surface area contributed by atoms with E-state index in [9.17, 15) is 9.59 Å². The summed E-state index contributed by atoms with van der Waals surface area (Å²) in [5.74, 6) is 0.396. The zero-order valence-corrected chi connectivity index (χ0v) is 17.3. The molecule has 0 saturated carbocycles. The highest BCUT2D eigenvalue weighted by Crippen LogP contribution is 2.35. The topological polar surface area (TPSA) is 67.9 Å². The monoisotopic (exact) mass is 414 g/mol. The Kier molecular flexibility index (Phi) is 5.71. The lowest BCUT2D eigenvalue weighted by Crippen LogP contribution is -2.32. The van der Waals surface area contributed by atoms with Crippen molar-refractivity contribution in [2.75, 3.05) is 19.5 Å². The summed E-state index contributed by atoms with van der Waals surface area (Å²) in [7, 11) is 3.11. The average molecular weight is 414 g/mol. The number of nitrogens with zero attached hydrogens (tertiary/aromatic N) is 1. The molecule has 3 aromatic carbocycles. The molecule has 0 unspecified atom stereocenters. The van der Waals surface area contributed by atoms with Crippen LogP contribution < -0.4 is 14.8 Å². The Morgan fingerprint density at radius 2 is 1.48 bits per heavy atom. The number of anilines is 1. The summed E-state index contributed by atoms with van der Waals surface area (Å²) in [5.41, 5.74) is 2.61.